The Kier molecular flexibility index (Phi) is 5.76. The monoisotopic (exact) mass is 312 g/mol. The van der Waals surface area contributed by atoms with Gasteiger partial charge in [0.1, 0.15) is 5.82 Å². The molecule has 0 spiro atoms. The molecule has 0 radical (unpaired) electrons. The maximum absolute atomic E-state index is 12.9. The lowest BCUT2D eigenvalue weighted by molar-refractivity contribution is 0.170. The zero-order valence-electron chi connectivity index (χ0n) is 13.6. The summed E-state index contributed by atoms with van der Waals surface area (Å²) in [4.78, 5) is 6.98. The van der Waals surface area contributed by atoms with Gasteiger partial charge in [-0.3, -0.25) is 4.98 Å². The van der Waals surface area contributed by atoms with Crippen molar-refractivity contribution in [2.24, 2.45) is 5.92 Å². The summed E-state index contributed by atoms with van der Waals surface area (Å²) >= 11 is 0. The number of rotatable bonds is 6. The van der Waals surface area contributed by atoms with Crippen LogP contribution >= 0.6 is 0 Å². The van der Waals surface area contributed by atoms with Crippen LogP contribution in [-0.2, 0) is 12.8 Å². The van der Waals surface area contributed by atoms with Crippen LogP contribution in [0.5, 0.6) is 0 Å². The second kappa shape index (κ2) is 8.21. The molecule has 23 heavy (non-hydrogen) atoms. The van der Waals surface area contributed by atoms with Crippen molar-refractivity contribution in [3.05, 3.63) is 65.7 Å². The van der Waals surface area contributed by atoms with E-state index in [2.05, 4.69) is 22.0 Å². The molecule has 1 atom stereocenters. The van der Waals surface area contributed by atoms with E-state index in [1.54, 1.807) is 12.1 Å². The van der Waals surface area contributed by atoms with Crippen LogP contribution in [0.4, 0.5) is 4.39 Å². The fourth-order valence-corrected chi connectivity index (χ4v) is 3.43. The summed E-state index contributed by atoms with van der Waals surface area (Å²) in [6.07, 6.45) is 7.77. The molecule has 0 N–H and O–H groups in total. The van der Waals surface area contributed by atoms with Crippen molar-refractivity contribution in [3.63, 3.8) is 0 Å². The van der Waals surface area contributed by atoms with Crippen LogP contribution in [0.15, 0.2) is 48.7 Å². The van der Waals surface area contributed by atoms with Gasteiger partial charge in [0.2, 0.25) is 0 Å². The van der Waals surface area contributed by atoms with E-state index in [0.29, 0.717) is 0 Å². The van der Waals surface area contributed by atoms with Crippen molar-refractivity contribution in [1.29, 1.82) is 0 Å². The van der Waals surface area contributed by atoms with Gasteiger partial charge in [-0.15, -0.1) is 0 Å². The summed E-state index contributed by atoms with van der Waals surface area (Å²) in [6, 6.07) is 13.1. The van der Waals surface area contributed by atoms with Crippen LogP contribution in [0, 0.1) is 11.7 Å². The average molecular weight is 312 g/mol. The van der Waals surface area contributed by atoms with Gasteiger partial charge < -0.3 is 4.90 Å². The first-order valence-corrected chi connectivity index (χ1v) is 8.66. The summed E-state index contributed by atoms with van der Waals surface area (Å²) < 4.78 is 12.9. The third kappa shape index (κ3) is 5.14. The van der Waals surface area contributed by atoms with E-state index < -0.39 is 0 Å². The highest BCUT2D eigenvalue weighted by Gasteiger charge is 2.19. The summed E-state index contributed by atoms with van der Waals surface area (Å²) in [5.74, 6) is 0.615. The maximum atomic E-state index is 12.9. The smallest absolute Gasteiger partial charge is 0.123 e. The van der Waals surface area contributed by atoms with Gasteiger partial charge in [-0.1, -0.05) is 18.2 Å². The number of hydrogen-bond donors (Lipinski definition) is 0. The first kappa shape index (κ1) is 16.1. The Bertz CT molecular complexity index is 582. The Morgan fingerprint density at radius 1 is 1.09 bits per heavy atom. The van der Waals surface area contributed by atoms with Crippen molar-refractivity contribution in [3.8, 4) is 0 Å². The number of nitrogens with zero attached hydrogens (tertiary/aromatic N) is 2. The van der Waals surface area contributed by atoms with Crippen molar-refractivity contribution < 1.29 is 4.39 Å². The third-order valence-electron chi connectivity index (χ3n) is 4.77. The van der Waals surface area contributed by atoms with Crippen LogP contribution in [0.1, 0.15) is 30.5 Å². The Labute approximate surface area is 138 Å². The SMILES string of the molecule is Fc1ccc(CC[C@@H]2CCCN(CCc3ccccn3)C2)cc1. The van der Waals surface area contributed by atoms with E-state index >= 15 is 0 Å². The molecular formula is C20H25FN2. The first-order chi connectivity index (χ1) is 11.3. The van der Waals surface area contributed by atoms with Crippen LogP contribution in [-0.4, -0.2) is 29.5 Å². The van der Waals surface area contributed by atoms with Crippen LogP contribution in [0.25, 0.3) is 0 Å². The van der Waals surface area contributed by atoms with Crippen molar-refractivity contribution in [1.82, 2.24) is 9.88 Å². The fraction of sp³-hybridized carbons (Fsp3) is 0.450. The maximum Gasteiger partial charge on any atom is 0.123 e. The summed E-state index contributed by atoms with van der Waals surface area (Å²) in [5.41, 5.74) is 2.43. The topological polar surface area (TPSA) is 16.1 Å². The molecule has 1 aromatic heterocycles. The zero-order valence-corrected chi connectivity index (χ0v) is 13.6. The Hall–Kier alpha value is -1.74. The molecule has 1 aliphatic heterocycles. The molecule has 1 aromatic carbocycles. The molecule has 0 bridgehead atoms. The van der Waals surface area contributed by atoms with Gasteiger partial charge >= 0.3 is 0 Å². The second-order valence-corrected chi connectivity index (χ2v) is 6.55. The number of aryl methyl sites for hydroxylation is 1. The quantitative estimate of drug-likeness (QED) is 0.798. The van der Waals surface area contributed by atoms with Crippen molar-refractivity contribution in [2.75, 3.05) is 19.6 Å². The molecule has 1 saturated heterocycles. The predicted molar refractivity (Wildman–Crippen MR) is 91.8 cm³/mol. The highest BCUT2D eigenvalue weighted by atomic mass is 19.1. The van der Waals surface area contributed by atoms with Gasteiger partial charge in [-0.2, -0.15) is 0 Å². The Morgan fingerprint density at radius 2 is 1.96 bits per heavy atom. The highest BCUT2D eigenvalue weighted by Crippen LogP contribution is 2.22. The molecule has 2 heterocycles. The molecule has 2 aromatic rings. The van der Waals surface area contributed by atoms with Gasteiger partial charge in [-0.25, -0.2) is 4.39 Å². The van der Waals surface area contributed by atoms with E-state index in [9.17, 15) is 4.39 Å². The van der Waals surface area contributed by atoms with Crippen LogP contribution < -0.4 is 0 Å². The van der Waals surface area contributed by atoms with Gasteiger partial charge in [0.05, 0.1) is 0 Å². The third-order valence-corrected chi connectivity index (χ3v) is 4.77. The Balaban J connectivity index is 1.43. The number of likely N-dealkylation sites (tertiary alicyclic amines) is 1. The van der Waals surface area contributed by atoms with E-state index in [-0.39, 0.29) is 5.82 Å². The summed E-state index contributed by atoms with van der Waals surface area (Å²) in [6.45, 7) is 3.50. The molecule has 0 amide bonds. The fourth-order valence-electron chi connectivity index (χ4n) is 3.43. The molecule has 0 aliphatic carbocycles. The van der Waals surface area contributed by atoms with E-state index in [4.69, 9.17) is 0 Å². The molecule has 3 heteroatoms. The number of hydrogen-bond acceptors (Lipinski definition) is 2. The van der Waals surface area contributed by atoms with Crippen LogP contribution in [0.3, 0.4) is 0 Å². The lowest BCUT2D eigenvalue weighted by Gasteiger charge is -2.32. The molecule has 122 valence electrons. The summed E-state index contributed by atoms with van der Waals surface area (Å²) in [5, 5.41) is 0. The van der Waals surface area contributed by atoms with E-state index in [1.807, 2.05) is 24.4 Å². The second-order valence-electron chi connectivity index (χ2n) is 6.55. The Morgan fingerprint density at radius 3 is 2.74 bits per heavy atom. The molecule has 3 rings (SSSR count). The minimum absolute atomic E-state index is 0.146. The largest absolute Gasteiger partial charge is 0.303 e. The predicted octanol–water partition coefficient (Wildman–Crippen LogP) is 4.11. The molecule has 0 saturated carbocycles. The van der Waals surface area contributed by atoms with Gasteiger partial charge in [0, 0.05) is 31.4 Å². The van der Waals surface area contributed by atoms with E-state index in [0.717, 1.165) is 25.3 Å². The highest BCUT2D eigenvalue weighted by molar-refractivity contribution is 5.16. The number of halogens is 1. The van der Waals surface area contributed by atoms with Crippen molar-refractivity contribution >= 4 is 0 Å². The molecular weight excluding hydrogens is 287 g/mol. The lowest BCUT2D eigenvalue weighted by Crippen LogP contribution is -2.37. The average Bonchev–Trinajstić information content (AvgIpc) is 2.61. The zero-order chi connectivity index (χ0) is 15.9. The van der Waals surface area contributed by atoms with Gasteiger partial charge in [0.25, 0.3) is 0 Å². The van der Waals surface area contributed by atoms with E-state index in [1.165, 1.54) is 43.6 Å². The molecule has 2 nitrogen and oxygen atoms in total. The number of benzene rings is 1. The van der Waals surface area contributed by atoms with Gasteiger partial charge in [0.15, 0.2) is 0 Å². The lowest BCUT2D eigenvalue weighted by atomic mass is 9.91. The number of aromatic nitrogens is 1. The van der Waals surface area contributed by atoms with Gasteiger partial charge in [-0.05, 0) is 68.0 Å². The molecule has 1 aliphatic rings. The van der Waals surface area contributed by atoms with Crippen LogP contribution in [0.2, 0.25) is 0 Å². The van der Waals surface area contributed by atoms with Crippen molar-refractivity contribution in [2.45, 2.75) is 32.1 Å². The molecule has 1 fully saturated rings. The first-order valence-electron chi connectivity index (χ1n) is 8.66. The number of pyridine rings is 1. The molecule has 0 unspecified atom stereocenters. The number of piperidine rings is 1. The summed E-state index contributed by atoms with van der Waals surface area (Å²) in [7, 11) is 0. The minimum Gasteiger partial charge on any atom is -0.303 e. The minimum atomic E-state index is -0.146. The standard InChI is InChI=1S/C20H25FN2/c21-19-10-8-17(9-11-19)6-7-18-4-3-14-23(16-18)15-12-20-5-1-2-13-22-20/h1-2,5,8-11,13,18H,3-4,6-7,12,14-16H2/t18-/m0/s1. The normalized spacial score (nSPS) is 18.9.